The van der Waals surface area contributed by atoms with Crippen LogP contribution in [0.25, 0.3) is 0 Å². The van der Waals surface area contributed by atoms with Gasteiger partial charge in [-0.15, -0.1) is 0 Å². The quantitative estimate of drug-likeness (QED) is 0.654. The molecule has 2 aromatic rings. The lowest BCUT2D eigenvalue weighted by molar-refractivity contribution is -0.140. The Balaban J connectivity index is 1.93. The van der Waals surface area contributed by atoms with Gasteiger partial charge in [0.1, 0.15) is 16.8 Å². The summed E-state index contributed by atoms with van der Waals surface area (Å²) in [5, 5.41) is 2.90. The number of benzene rings is 2. The number of ether oxygens (including phenoxy) is 1. The standard InChI is InChI=1S/C28H29N3O4/c1-5-35-25(33)23-24(29)31(19-13-9-6-10-16(19)2)20-14-27(3,4)15-21(32)22(20)28(23)17-11-7-8-12-18(17)30-26(28)34/h6-13H,5,14-15,29H2,1-4H3,(H,30,34). The molecule has 180 valence electrons. The van der Waals surface area contributed by atoms with E-state index in [-0.39, 0.29) is 35.6 Å². The molecule has 2 aromatic carbocycles. The number of hydrogen-bond acceptors (Lipinski definition) is 6. The molecule has 1 aliphatic carbocycles. The number of Topliss-reactive ketones (excluding diaryl/α,β-unsaturated/α-hetero) is 1. The average Bonchev–Trinajstić information content (AvgIpc) is 3.06. The van der Waals surface area contributed by atoms with Crippen molar-refractivity contribution >= 4 is 29.0 Å². The van der Waals surface area contributed by atoms with Crippen molar-refractivity contribution in [3.63, 3.8) is 0 Å². The van der Waals surface area contributed by atoms with Crippen molar-refractivity contribution in [3.8, 4) is 0 Å². The van der Waals surface area contributed by atoms with Crippen LogP contribution >= 0.6 is 0 Å². The van der Waals surface area contributed by atoms with Crippen LogP contribution in [0.3, 0.4) is 0 Å². The van der Waals surface area contributed by atoms with Gasteiger partial charge >= 0.3 is 5.97 Å². The van der Waals surface area contributed by atoms with Crippen LogP contribution in [-0.4, -0.2) is 24.3 Å². The molecule has 3 aliphatic rings. The number of rotatable bonds is 3. The zero-order valence-electron chi connectivity index (χ0n) is 20.4. The SMILES string of the molecule is CCOC(=O)C1=C(N)N(c2ccccc2C)C2=C(C(=O)CC(C)(C)C2)C12C(=O)Nc1ccccc12. The van der Waals surface area contributed by atoms with Gasteiger partial charge in [-0.3, -0.25) is 14.5 Å². The zero-order chi connectivity index (χ0) is 25.1. The van der Waals surface area contributed by atoms with Gasteiger partial charge in [-0.05, 0) is 43.4 Å². The van der Waals surface area contributed by atoms with Gasteiger partial charge in [0.15, 0.2) is 5.78 Å². The Kier molecular flexibility index (Phi) is 5.13. The number of amides is 1. The van der Waals surface area contributed by atoms with E-state index in [0.717, 1.165) is 11.3 Å². The van der Waals surface area contributed by atoms with Gasteiger partial charge in [0.05, 0.1) is 12.3 Å². The van der Waals surface area contributed by atoms with Gasteiger partial charge in [-0.25, -0.2) is 4.79 Å². The highest BCUT2D eigenvalue weighted by Gasteiger charge is 2.62. The number of nitrogens with one attached hydrogen (secondary N) is 1. The van der Waals surface area contributed by atoms with Crippen LogP contribution < -0.4 is 16.0 Å². The third-order valence-electron chi connectivity index (χ3n) is 7.13. The van der Waals surface area contributed by atoms with E-state index in [2.05, 4.69) is 5.32 Å². The van der Waals surface area contributed by atoms with E-state index < -0.39 is 17.3 Å². The summed E-state index contributed by atoms with van der Waals surface area (Å²) in [7, 11) is 0. The molecule has 0 aromatic heterocycles. The third kappa shape index (κ3) is 3.14. The maximum atomic E-state index is 14.0. The number of aryl methyl sites for hydroxylation is 1. The fraction of sp³-hybridized carbons (Fsp3) is 0.321. The van der Waals surface area contributed by atoms with Crippen molar-refractivity contribution in [2.75, 3.05) is 16.8 Å². The normalized spacial score (nSPS) is 22.8. The summed E-state index contributed by atoms with van der Waals surface area (Å²) < 4.78 is 5.45. The maximum absolute atomic E-state index is 14.0. The second-order valence-electron chi connectivity index (χ2n) is 10.1. The number of carbonyl (C=O) groups excluding carboxylic acids is 3. The number of allylic oxidation sites excluding steroid dienone is 1. The second kappa shape index (κ2) is 7.83. The van der Waals surface area contributed by atoms with Crippen LogP contribution in [0.4, 0.5) is 11.4 Å². The number of ketones is 1. The molecular formula is C28H29N3O4. The molecule has 7 nitrogen and oxygen atoms in total. The molecule has 1 atom stereocenters. The second-order valence-corrected chi connectivity index (χ2v) is 10.1. The van der Waals surface area contributed by atoms with Gasteiger partial charge in [0, 0.05) is 28.9 Å². The zero-order valence-corrected chi connectivity index (χ0v) is 20.4. The molecule has 2 heterocycles. The molecule has 0 saturated carbocycles. The first-order valence-corrected chi connectivity index (χ1v) is 11.8. The number of hydrogen-bond donors (Lipinski definition) is 2. The van der Waals surface area contributed by atoms with E-state index >= 15 is 0 Å². The topological polar surface area (TPSA) is 102 Å². The molecule has 0 bridgehead atoms. The maximum Gasteiger partial charge on any atom is 0.339 e. The highest BCUT2D eigenvalue weighted by atomic mass is 16.5. The van der Waals surface area contributed by atoms with Gasteiger partial charge in [-0.1, -0.05) is 50.2 Å². The van der Waals surface area contributed by atoms with Crippen LogP contribution in [0.2, 0.25) is 0 Å². The van der Waals surface area contributed by atoms with E-state index in [9.17, 15) is 14.4 Å². The van der Waals surface area contributed by atoms with Crippen LogP contribution in [0, 0.1) is 12.3 Å². The summed E-state index contributed by atoms with van der Waals surface area (Å²) in [5.41, 5.74) is 8.54. The molecule has 5 rings (SSSR count). The molecule has 3 N–H and O–H groups in total. The Hall–Kier alpha value is -3.87. The Morgan fingerprint density at radius 2 is 1.77 bits per heavy atom. The fourth-order valence-electron chi connectivity index (χ4n) is 5.78. The Morgan fingerprint density at radius 1 is 1.09 bits per heavy atom. The van der Waals surface area contributed by atoms with E-state index in [0.29, 0.717) is 28.9 Å². The van der Waals surface area contributed by atoms with Crippen LogP contribution in [-0.2, 0) is 24.5 Å². The molecule has 1 unspecified atom stereocenters. The van der Waals surface area contributed by atoms with Gasteiger partial charge in [-0.2, -0.15) is 0 Å². The lowest BCUT2D eigenvalue weighted by atomic mass is 9.60. The lowest BCUT2D eigenvalue weighted by Crippen LogP contribution is -2.54. The number of anilines is 2. The van der Waals surface area contributed by atoms with E-state index in [1.165, 1.54) is 0 Å². The molecule has 1 spiro atoms. The van der Waals surface area contributed by atoms with Crippen molar-refractivity contribution in [2.24, 2.45) is 11.1 Å². The number of nitrogens with zero attached hydrogens (tertiary/aromatic N) is 1. The first-order valence-electron chi connectivity index (χ1n) is 11.8. The number of para-hydroxylation sites is 2. The summed E-state index contributed by atoms with van der Waals surface area (Å²) in [4.78, 5) is 43.3. The van der Waals surface area contributed by atoms with E-state index in [1.807, 2.05) is 45.0 Å². The number of nitrogens with two attached hydrogens (primary N) is 1. The first kappa shape index (κ1) is 22.9. The minimum absolute atomic E-state index is 0.0168. The van der Waals surface area contributed by atoms with Gasteiger partial charge < -0.3 is 15.8 Å². The van der Waals surface area contributed by atoms with Crippen molar-refractivity contribution < 1.29 is 19.1 Å². The molecule has 7 heteroatoms. The summed E-state index contributed by atoms with van der Waals surface area (Å²) in [6.07, 6.45) is 0.761. The van der Waals surface area contributed by atoms with Crippen molar-refractivity contribution in [2.45, 2.75) is 46.0 Å². The molecule has 0 radical (unpaired) electrons. The molecule has 0 saturated heterocycles. The number of fused-ring (bicyclic) bond motifs is 3. The largest absolute Gasteiger partial charge is 0.462 e. The number of esters is 1. The monoisotopic (exact) mass is 471 g/mol. The highest BCUT2D eigenvalue weighted by Crippen LogP contribution is 2.57. The summed E-state index contributed by atoms with van der Waals surface area (Å²) >= 11 is 0. The number of carbonyl (C=O) groups is 3. The fourth-order valence-corrected chi connectivity index (χ4v) is 5.78. The van der Waals surface area contributed by atoms with Crippen molar-refractivity contribution in [3.05, 3.63) is 82.3 Å². The Labute approximate surface area is 204 Å². The lowest BCUT2D eigenvalue weighted by Gasteiger charge is -2.47. The smallest absolute Gasteiger partial charge is 0.339 e. The summed E-state index contributed by atoms with van der Waals surface area (Å²) in [6.45, 7) is 7.81. The Morgan fingerprint density at radius 3 is 2.49 bits per heavy atom. The summed E-state index contributed by atoms with van der Waals surface area (Å²) in [5.74, 6) is -1.24. The Bertz CT molecular complexity index is 1350. The highest BCUT2D eigenvalue weighted by molar-refractivity contribution is 6.23. The molecule has 0 fully saturated rings. The molecule has 35 heavy (non-hydrogen) atoms. The van der Waals surface area contributed by atoms with Crippen LogP contribution in [0.1, 0.15) is 44.7 Å². The predicted molar refractivity (Wildman–Crippen MR) is 133 cm³/mol. The van der Waals surface area contributed by atoms with E-state index in [4.69, 9.17) is 10.5 Å². The van der Waals surface area contributed by atoms with Crippen LogP contribution in [0.5, 0.6) is 0 Å². The minimum atomic E-state index is -1.67. The minimum Gasteiger partial charge on any atom is -0.462 e. The van der Waals surface area contributed by atoms with E-state index in [1.54, 1.807) is 36.1 Å². The molecule has 2 aliphatic heterocycles. The average molecular weight is 472 g/mol. The molecule has 1 amide bonds. The molecular weight excluding hydrogens is 442 g/mol. The summed E-state index contributed by atoms with van der Waals surface area (Å²) in [6, 6.07) is 14.8. The third-order valence-corrected chi connectivity index (χ3v) is 7.13. The van der Waals surface area contributed by atoms with Gasteiger partial charge in [0.2, 0.25) is 5.91 Å². The predicted octanol–water partition coefficient (Wildman–Crippen LogP) is 4.08. The van der Waals surface area contributed by atoms with Crippen molar-refractivity contribution in [1.29, 1.82) is 0 Å². The first-order chi connectivity index (χ1) is 16.6. The van der Waals surface area contributed by atoms with Crippen molar-refractivity contribution in [1.82, 2.24) is 0 Å². The van der Waals surface area contributed by atoms with Crippen LogP contribution in [0.15, 0.2) is 71.2 Å². The van der Waals surface area contributed by atoms with Gasteiger partial charge in [0.25, 0.3) is 0 Å².